The molecule has 0 aromatic carbocycles. The lowest BCUT2D eigenvalue weighted by atomic mass is 9.83. The van der Waals surface area contributed by atoms with E-state index in [1.807, 2.05) is 26.1 Å². The van der Waals surface area contributed by atoms with Crippen molar-refractivity contribution >= 4 is 28.3 Å². The van der Waals surface area contributed by atoms with E-state index >= 15 is 0 Å². The Bertz CT molecular complexity index is 1100. The Kier molecular flexibility index (Phi) is 4.68. The zero-order chi connectivity index (χ0) is 20.7. The van der Waals surface area contributed by atoms with Crippen LogP contribution in [0.1, 0.15) is 23.4 Å². The Morgan fingerprint density at radius 2 is 2.17 bits per heavy atom. The Hall–Kier alpha value is -2.96. The Balaban J connectivity index is 1.34. The number of fused-ring (bicyclic) bond motifs is 1. The van der Waals surface area contributed by atoms with E-state index in [9.17, 15) is 5.26 Å². The minimum Gasteiger partial charge on any atom is -0.352 e. The molecule has 1 fully saturated rings. The Labute approximate surface area is 180 Å². The van der Waals surface area contributed by atoms with Crippen molar-refractivity contribution in [3.05, 3.63) is 47.5 Å². The highest BCUT2D eigenvalue weighted by molar-refractivity contribution is 7.10. The molecular weight excluding hydrogens is 396 g/mol. The van der Waals surface area contributed by atoms with E-state index in [4.69, 9.17) is 4.98 Å². The third-order valence-electron chi connectivity index (χ3n) is 6.04. The van der Waals surface area contributed by atoms with Crippen LogP contribution >= 0.6 is 11.5 Å². The third-order valence-corrected chi connectivity index (χ3v) is 6.84. The van der Waals surface area contributed by atoms with Gasteiger partial charge in [-0.25, -0.2) is 4.98 Å². The highest BCUT2D eigenvalue weighted by Gasteiger charge is 2.49. The number of nitrogens with zero attached hydrogens (tertiary/aromatic N) is 7. The maximum atomic E-state index is 9.53. The number of aromatic nitrogens is 4. The molecule has 0 bridgehead atoms. The molecule has 9 heteroatoms. The van der Waals surface area contributed by atoms with Crippen molar-refractivity contribution < 1.29 is 0 Å². The van der Waals surface area contributed by atoms with Crippen LogP contribution in [0.3, 0.4) is 0 Å². The van der Waals surface area contributed by atoms with E-state index in [2.05, 4.69) is 53.4 Å². The summed E-state index contributed by atoms with van der Waals surface area (Å²) in [6.07, 6.45) is 4.52. The largest absolute Gasteiger partial charge is 0.352 e. The van der Waals surface area contributed by atoms with E-state index in [-0.39, 0.29) is 5.54 Å². The first-order valence-electron chi connectivity index (χ1n) is 10.1. The molecule has 30 heavy (non-hydrogen) atoms. The molecule has 5 rings (SSSR count). The summed E-state index contributed by atoms with van der Waals surface area (Å²) < 4.78 is 6.60. The lowest BCUT2D eigenvalue weighted by Gasteiger charge is -2.56. The predicted molar refractivity (Wildman–Crippen MR) is 117 cm³/mol. The highest BCUT2D eigenvalue weighted by atomic mass is 32.1. The molecule has 0 amide bonds. The molecule has 154 valence electrons. The van der Waals surface area contributed by atoms with Gasteiger partial charge in [0.2, 0.25) is 5.95 Å². The van der Waals surface area contributed by atoms with E-state index in [0.717, 1.165) is 54.8 Å². The lowest BCUT2D eigenvalue weighted by molar-refractivity contribution is 0.0369. The second kappa shape index (κ2) is 7.38. The summed E-state index contributed by atoms with van der Waals surface area (Å²) in [6.45, 7) is 8.45. The zero-order valence-corrected chi connectivity index (χ0v) is 18.0. The summed E-state index contributed by atoms with van der Waals surface area (Å²) in [5.74, 6) is 1.51. The van der Waals surface area contributed by atoms with Gasteiger partial charge < -0.3 is 14.8 Å². The van der Waals surface area contributed by atoms with Crippen LogP contribution in [0.15, 0.2) is 30.6 Å². The van der Waals surface area contributed by atoms with Crippen molar-refractivity contribution in [3.8, 4) is 6.07 Å². The average Bonchev–Trinajstić information content (AvgIpc) is 3.34. The van der Waals surface area contributed by atoms with Crippen LogP contribution in [0.5, 0.6) is 0 Å². The van der Waals surface area contributed by atoms with Gasteiger partial charge in [-0.2, -0.15) is 14.6 Å². The van der Waals surface area contributed by atoms with Crippen LogP contribution in [-0.2, 0) is 13.1 Å². The zero-order valence-electron chi connectivity index (χ0n) is 17.2. The molecule has 2 aliphatic heterocycles. The van der Waals surface area contributed by atoms with E-state index in [1.54, 1.807) is 0 Å². The summed E-state index contributed by atoms with van der Waals surface area (Å²) in [5.41, 5.74) is 3.22. The van der Waals surface area contributed by atoms with Gasteiger partial charge in [-0.05, 0) is 43.6 Å². The van der Waals surface area contributed by atoms with Gasteiger partial charge in [-0.1, -0.05) is 0 Å². The minimum absolute atomic E-state index is 0.121. The number of nitrogens with one attached hydrogen (secondary N) is 1. The molecule has 3 aromatic heterocycles. The van der Waals surface area contributed by atoms with E-state index < -0.39 is 0 Å². The SMILES string of the molecule is Cc1cc(Nc2ncc(C)c(N3CC(CC#N)(N4CCn5cccc5C4)C3)n2)sn1. The second-order valence-electron chi connectivity index (χ2n) is 8.19. The van der Waals surface area contributed by atoms with Gasteiger partial charge in [0, 0.05) is 56.4 Å². The van der Waals surface area contributed by atoms with Gasteiger partial charge in [0.15, 0.2) is 0 Å². The summed E-state index contributed by atoms with van der Waals surface area (Å²) in [7, 11) is 0. The molecular formula is C21H24N8S. The molecule has 2 aliphatic rings. The van der Waals surface area contributed by atoms with Crippen molar-refractivity contribution in [2.24, 2.45) is 0 Å². The van der Waals surface area contributed by atoms with Crippen LogP contribution < -0.4 is 10.2 Å². The van der Waals surface area contributed by atoms with E-state index in [1.165, 1.54) is 17.2 Å². The van der Waals surface area contributed by atoms with Crippen molar-refractivity contribution in [2.45, 2.75) is 38.9 Å². The second-order valence-corrected chi connectivity index (χ2v) is 8.99. The summed E-state index contributed by atoms with van der Waals surface area (Å²) in [6, 6.07) is 8.70. The van der Waals surface area contributed by atoms with Crippen molar-refractivity contribution in [3.63, 3.8) is 0 Å². The number of hydrogen-bond acceptors (Lipinski definition) is 8. The van der Waals surface area contributed by atoms with Crippen LogP contribution in [0.25, 0.3) is 0 Å². The standard InChI is InChI=1S/C21H24N8S/c1-15-11-23-20(24-18-10-16(2)26-30-18)25-19(15)28-13-21(14-28,5-6-22)29-9-8-27-7-3-4-17(27)12-29/h3-4,7,10-11H,5,8-9,12-14H2,1-2H3,(H,23,24,25). The monoisotopic (exact) mass is 420 g/mol. The number of anilines is 3. The molecule has 1 saturated heterocycles. The summed E-state index contributed by atoms with van der Waals surface area (Å²) >= 11 is 1.40. The van der Waals surface area contributed by atoms with Crippen molar-refractivity contribution in [1.29, 1.82) is 5.26 Å². The molecule has 0 atom stereocenters. The van der Waals surface area contributed by atoms with Gasteiger partial charge in [0.25, 0.3) is 0 Å². The van der Waals surface area contributed by atoms with Crippen LogP contribution in [0.4, 0.5) is 16.8 Å². The number of aryl methyl sites for hydroxylation is 2. The first-order chi connectivity index (χ1) is 14.6. The van der Waals surface area contributed by atoms with Crippen LogP contribution in [0, 0.1) is 25.2 Å². The lowest BCUT2D eigenvalue weighted by Crippen LogP contribution is -2.71. The number of rotatable bonds is 5. The average molecular weight is 421 g/mol. The smallest absolute Gasteiger partial charge is 0.229 e. The summed E-state index contributed by atoms with van der Waals surface area (Å²) in [5, 5.41) is 13.7. The summed E-state index contributed by atoms with van der Waals surface area (Å²) in [4.78, 5) is 14.0. The molecule has 0 aliphatic carbocycles. The molecule has 5 heterocycles. The molecule has 1 N–H and O–H groups in total. The first-order valence-corrected chi connectivity index (χ1v) is 10.9. The molecule has 8 nitrogen and oxygen atoms in total. The van der Waals surface area contributed by atoms with Crippen LogP contribution in [-0.4, -0.2) is 49.0 Å². The van der Waals surface area contributed by atoms with Crippen molar-refractivity contribution in [2.75, 3.05) is 29.9 Å². The quantitative estimate of drug-likeness (QED) is 0.679. The van der Waals surface area contributed by atoms with Gasteiger partial charge in [-0.3, -0.25) is 4.90 Å². The van der Waals surface area contributed by atoms with Crippen LogP contribution in [0.2, 0.25) is 0 Å². The highest BCUT2D eigenvalue weighted by Crippen LogP contribution is 2.37. The minimum atomic E-state index is -0.121. The van der Waals surface area contributed by atoms with Crippen molar-refractivity contribution in [1.82, 2.24) is 23.8 Å². The molecule has 0 spiro atoms. The third kappa shape index (κ3) is 3.32. The Morgan fingerprint density at radius 3 is 2.93 bits per heavy atom. The number of hydrogen-bond donors (Lipinski definition) is 1. The predicted octanol–water partition coefficient (Wildman–Crippen LogP) is 3.08. The maximum Gasteiger partial charge on any atom is 0.229 e. The molecule has 0 unspecified atom stereocenters. The molecule has 0 saturated carbocycles. The molecule has 0 radical (unpaired) electrons. The first kappa shape index (κ1) is 19.0. The maximum absolute atomic E-state index is 9.53. The fraction of sp³-hybridized carbons (Fsp3) is 0.429. The van der Waals surface area contributed by atoms with Gasteiger partial charge >= 0.3 is 0 Å². The fourth-order valence-corrected chi connectivity index (χ4v) is 5.11. The molecule has 3 aromatic rings. The normalized spacial score (nSPS) is 17.8. The van der Waals surface area contributed by atoms with E-state index in [0.29, 0.717) is 12.4 Å². The fourth-order valence-electron chi connectivity index (χ4n) is 4.45. The van der Waals surface area contributed by atoms with Gasteiger partial charge in [-0.15, -0.1) is 0 Å². The van der Waals surface area contributed by atoms with Gasteiger partial charge in [0.05, 0.1) is 23.7 Å². The van der Waals surface area contributed by atoms with Gasteiger partial charge in [0.1, 0.15) is 10.8 Å². The topological polar surface area (TPSA) is 85.9 Å². The Morgan fingerprint density at radius 1 is 1.30 bits per heavy atom. The number of nitriles is 1.